The molecule has 0 aliphatic heterocycles. The number of rotatable bonds is 3. The zero-order chi connectivity index (χ0) is 17.1. The molecule has 0 spiro atoms. The molecular formula is C18H13ClFN3O. The molecule has 120 valence electrons. The maximum absolute atomic E-state index is 13.0. The molecule has 1 aromatic heterocycles. The van der Waals surface area contributed by atoms with Crippen LogP contribution in [0.1, 0.15) is 16.1 Å². The molecule has 2 aromatic carbocycles. The van der Waals surface area contributed by atoms with E-state index in [0.717, 1.165) is 0 Å². The first kappa shape index (κ1) is 16.1. The topological polar surface area (TPSA) is 54.9 Å². The third-order valence-electron chi connectivity index (χ3n) is 3.41. The Morgan fingerprint density at radius 3 is 2.58 bits per heavy atom. The molecule has 0 radical (unpaired) electrons. The number of benzene rings is 2. The van der Waals surface area contributed by atoms with Crippen LogP contribution in [0.15, 0.2) is 54.7 Å². The van der Waals surface area contributed by atoms with Gasteiger partial charge in [0.2, 0.25) is 0 Å². The summed E-state index contributed by atoms with van der Waals surface area (Å²) in [6.45, 7) is 1.72. The average molecular weight is 342 g/mol. The Morgan fingerprint density at radius 1 is 1.17 bits per heavy atom. The molecule has 3 rings (SSSR count). The van der Waals surface area contributed by atoms with Gasteiger partial charge in [-0.2, -0.15) is 0 Å². The Hall–Kier alpha value is -2.79. The highest BCUT2D eigenvalue weighted by atomic mass is 35.5. The van der Waals surface area contributed by atoms with Crippen LogP contribution in [0.4, 0.5) is 10.1 Å². The second-order valence-electron chi connectivity index (χ2n) is 5.16. The van der Waals surface area contributed by atoms with Crippen molar-refractivity contribution in [2.24, 2.45) is 0 Å². The third-order valence-corrected chi connectivity index (χ3v) is 3.64. The minimum atomic E-state index is -0.326. The molecule has 0 saturated heterocycles. The number of aryl methyl sites for hydroxylation is 1. The van der Waals surface area contributed by atoms with Crippen molar-refractivity contribution in [3.8, 4) is 11.4 Å². The highest BCUT2D eigenvalue weighted by Crippen LogP contribution is 2.19. The van der Waals surface area contributed by atoms with Crippen molar-refractivity contribution in [3.05, 3.63) is 76.8 Å². The summed E-state index contributed by atoms with van der Waals surface area (Å²) in [4.78, 5) is 20.9. The van der Waals surface area contributed by atoms with Crippen LogP contribution in [0.3, 0.4) is 0 Å². The van der Waals surface area contributed by atoms with E-state index in [1.807, 2.05) is 0 Å². The molecule has 0 bridgehead atoms. The standard InChI is InChI=1S/C18H13ClFN3O/c1-11-16(18(24)23-15-4-2-3-13(19)9-15)10-21-17(22-11)12-5-7-14(20)8-6-12/h2-10H,1H3,(H,23,24). The number of carbonyl (C=O) groups is 1. The van der Waals surface area contributed by atoms with E-state index < -0.39 is 0 Å². The first-order chi connectivity index (χ1) is 11.5. The lowest BCUT2D eigenvalue weighted by atomic mass is 10.1. The van der Waals surface area contributed by atoms with Crippen LogP contribution in [0.2, 0.25) is 5.02 Å². The van der Waals surface area contributed by atoms with E-state index in [1.54, 1.807) is 43.3 Å². The predicted molar refractivity (Wildman–Crippen MR) is 91.6 cm³/mol. The summed E-state index contributed by atoms with van der Waals surface area (Å²) in [5, 5.41) is 3.29. The maximum Gasteiger partial charge on any atom is 0.259 e. The van der Waals surface area contributed by atoms with Gasteiger partial charge in [0.15, 0.2) is 5.82 Å². The van der Waals surface area contributed by atoms with E-state index >= 15 is 0 Å². The van der Waals surface area contributed by atoms with Crippen LogP contribution in [-0.2, 0) is 0 Å². The van der Waals surface area contributed by atoms with Crippen molar-refractivity contribution >= 4 is 23.2 Å². The fraction of sp³-hybridized carbons (Fsp3) is 0.0556. The lowest BCUT2D eigenvalue weighted by molar-refractivity contribution is 0.102. The molecule has 0 fully saturated rings. The molecule has 3 aromatic rings. The zero-order valence-corrected chi connectivity index (χ0v) is 13.5. The van der Waals surface area contributed by atoms with Crippen LogP contribution in [0.25, 0.3) is 11.4 Å². The van der Waals surface area contributed by atoms with Gasteiger partial charge in [0.05, 0.1) is 11.3 Å². The highest BCUT2D eigenvalue weighted by Gasteiger charge is 2.13. The summed E-state index contributed by atoms with van der Waals surface area (Å²) in [7, 11) is 0. The monoisotopic (exact) mass is 341 g/mol. The molecule has 24 heavy (non-hydrogen) atoms. The quantitative estimate of drug-likeness (QED) is 0.763. The van der Waals surface area contributed by atoms with Crippen LogP contribution in [0.5, 0.6) is 0 Å². The van der Waals surface area contributed by atoms with Gasteiger partial charge in [-0.25, -0.2) is 14.4 Å². The number of anilines is 1. The van der Waals surface area contributed by atoms with E-state index in [0.29, 0.717) is 33.4 Å². The molecule has 6 heteroatoms. The van der Waals surface area contributed by atoms with E-state index in [1.165, 1.54) is 18.3 Å². The molecule has 1 amide bonds. The molecule has 4 nitrogen and oxygen atoms in total. The van der Waals surface area contributed by atoms with Crippen molar-refractivity contribution in [2.45, 2.75) is 6.92 Å². The van der Waals surface area contributed by atoms with Crippen molar-refractivity contribution < 1.29 is 9.18 Å². The summed E-state index contributed by atoms with van der Waals surface area (Å²) in [5.41, 5.74) is 2.17. The van der Waals surface area contributed by atoms with Gasteiger partial charge in [0.1, 0.15) is 5.82 Å². The van der Waals surface area contributed by atoms with Gasteiger partial charge in [-0.1, -0.05) is 17.7 Å². The minimum absolute atomic E-state index is 0.319. The smallest absolute Gasteiger partial charge is 0.259 e. The largest absolute Gasteiger partial charge is 0.322 e. The first-order valence-corrected chi connectivity index (χ1v) is 7.57. The molecule has 1 N–H and O–H groups in total. The number of amides is 1. The number of carbonyl (C=O) groups excluding carboxylic acids is 1. The van der Waals surface area contributed by atoms with Crippen LogP contribution in [0, 0.1) is 12.7 Å². The Balaban J connectivity index is 1.84. The number of hydrogen-bond acceptors (Lipinski definition) is 3. The number of hydrogen-bond donors (Lipinski definition) is 1. The zero-order valence-electron chi connectivity index (χ0n) is 12.8. The molecule has 0 aliphatic rings. The van der Waals surface area contributed by atoms with Gasteiger partial charge in [-0.3, -0.25) is 4.79 Å². The third kappa shape index (κ3) is 3.58. The fourth-order valence-corrected chi connectivity index (χ4v) is 2.38. The second-order valence-corrected chi connectivity index (χ2v) is 5.60. The lowest BCUT2D eigenvalue weighted by Crippen LogP contribution is -2.15. The Bertz CT molecular complexity index is 897. The van der Waals surface area contributed by atoms with Crippen molar-refractivity contribution in [2.75, 3.05) is 5.32 Å². The van der Waals surface area contributed by atoms with Gasteiger partial charge in [0, 0.05) is 22.5 Å². The summed E-state index contributed by atoms with van der Waals surface area (Å²) < 4.78 is 13.0. The molecule has 0 atom stereocenters. The number of halogens is 2. The van der Waals surface area contributed by atoms with E-state index in [-0.39, 0.29) is 11.7 Å². The molecular weight excluding hydrogens is 329 g/mol. The summed E-state index contributed by atoms with van der Waals surface area (Å²) in [5.74, 6) is -0.208. The van der Waals surface area contributed by atoms with Gasteiger partial charge in [-0.15, -0.1) is 0 Å². The maximum atomic E-state index is 13.0. The summed E-state index contributed by atoms with van der Waals surface area (Å²) in [6.07, 6.45) is 1.46. The average Bonchev–Trinajstić information content (AvgIpc) is 2.55. The van der Waals surface area contributed by atoms with Crippen LogP contribution < -0.4 is 5.32 Å². The second kappa shape index (κ2) is 6.76. The van der Waals surface area contributed by atoms with Crippen molar-refractivity contribution in [3.63, 3.8) is 0 Å². The van der Waals surface area contributed by atoms with Crippen LogP contribution in [-0.4, -0.2) is 15.9 Å². The van der Waals surface area contributed by atoms with Gasteiger partial charge < -0.3 is 5.32 Å². The predicted octanol–water partition coefficient (Wildman–Crippen LogP) is 4.50. The van der Waals surface area contributed by atoms with E-state index in [9.17, 15) is 9.18 Å². The van der Waals surface area contributed by atoms with Crippen LogP contribution >= 0.6 is 11.6 Å². The highest BCUT2D eigenvalue weighted by molar-refractivity contribution is 6.31. The van der Waals surface area contributed by atoms with Crippen molar-refractivity contribution in [1.82, 2.24) is 9.97 Å². The van der Waals surface area contributed by atoms with Gasteiger partial charge in [-0.05, 0) is 49.4 Å². The fourth-order valence-electron chi connectivity index (χ4n) is 2.19. The van der Waals surface area contributed by atoms with Gasteiger partial charge in [0.25, 0.3) is 5.91 Å². The first-order valence-electron chi connectivity index (χ1n) is 7.19. The van der Waals surface area contributed by atoms with Crippen molar-refractivity contribution in [1.29, 1.82) is 0 Å². The summed E-state index contributed by atoms with van der Waals surface area (Å²) in [6, 6.07) is 12.7. The number of aromatic nitrogens is 2. The number of nitrogens with zero attached hydrogens (tertiary/aromatic N) is 2. The normalized spacial score (nSPS) is 10.5. The minimum Gasteiger partial charge on any atom is -0.322 e. The molecule has 0 unspecified atom stereocenters. The van der Waals surface area contributed by atoms with E-state index in [4.69, 9.17) is 11.6 Å². The number of nitrogens with one attached hydrogen (secondary N) is 1. The lowest BCUT2D eigenvalue weighted by Gasteiger charge is -2.08. The Kier molecular flexibility index (Phi) is 4.53. The molecule has 0 saturated carbocycles. The Morgan fingerprint density at radius 2 is 1.92 bits per heavy atom. The Labute approximate surface area is 143 Å². The SMILES string of the molecule is Cc1nc(-c2ccc(F)cc2)ncc1C(=O)Nc1cccc(Cl)c1. The van der Waals surface area contributed by atoms with E-state index in [2.05, 4.69) is 15.3 Å². The molecule has 0 aliphatic carbocycles. The van der Waals surface area contributed by atoms with Gasteiger partial charge >= 0.3 is 0 Å². The summed E-state index contributed by atoms with van der Waals surface area (Å²) >= 11 is 5.90. The molecule has 1 heterocycles.